The number of ether oxygens (including phenoxy) is 4. The number of phosphoric acid groups is 2. The van der Waals surface area contributed by atoms with E-state index < -0.39 is 97.5 Å². The number of rotatable bonds is 69. The summed E-state index contributed by atoms with van der Waals surface area (Å²) in [7, 11) is -9.90. The zero-order valence-corrected chi connectivity index (χ0v) is 60.4. The number of phosphoric ester groups is 2. The maximum absolute atomic E-state index is 13.0. The van der Waals surface area contributed by atoms with Crippen LogP contribution in [0, 0.1) is 17.8 Å². The van der Waals surface area contributed by atoms with Crippen molar-refractivity contribution in [1.29, 1.82) is 0 Å². The molecule has 0 spiro atoms. The fraction of sp³-hybridized carbons (Fsp3) is 0.944. The van der Waals surface area contributed by atoms with Crippen LogP contribution in [0.25, 0.3) is 0 Å². The number of carbonyl (C=O) groups is 4. The Labute approximate surface area is 549 Å². The van der Waals surface area contributed by atoms with Gasteiger partial charge < -0.3 is 33.8 Å². The molecule has 0 fully saturated rings. The standard InChI is InChI=1S/C71H138O17P2/c1-8-9-10-11-12-13-14-15-16-17-18-19-20-21-22-23-24-25-26-29-40-47-54-70(75)87-66(58-81-68(73)52-45-38-30-27-28-35-42-49-62(2)3)60-85-89(77,78)83-56-65(72)57-84-90(79,80)86-61-67(88-71(76)55-48-41-34-32-37-44-51-64(6)7)59-82-69(74)53-46-39-33-31-36-43-50-63(4)5/h62-67,72H,8-61H2,1-7H3,(H,77,78)(H,79,80)/t65-,66-,67-/m1/s1. The molecule has 0 aliphatic heterocycles. The molecular formula is C71H138O17P2. The lowest BCUT2D eigenvalue weighted by molar-refractivity contribution is -0.161. The van der Waals surface area contributed by atoms with E-state index in [2.05, 4.69) is 48.5 Å². The van der Waals surface area contributed by atoms with Gasteiger partial charge in [-0.2, -0.15) is 0 Å². The van der Waals surface area contributed by atoms with Crippen molar-refractivity contribution < 1.29 is 80.2 Å². The van der Waals surface area contributed by atoms with Crippen LogP contribution in [-0.4, -0.2) is 96.7 Å². The van der Waals surface area contributed by atoms with Gasteiger partial charge in [-0.15, -0.1) is 0 Å². The Kier molecular flexibility index (Phi) is 60.6. The molecule has 0 saturated carbocycles. The SMILES string of the molecule is CCCCCCCCCCCCCCCCCCCCCCCCC(=O)O[C@H](COC(=O)CCCCCCCCCC(C)C)COP(=O)(O)OC[C@@H](O)COP(=O)(O)OC[C@@H](COC(=O)CCCCCCCCC(C)C)OC(=O)CCCCCCCCC(C)C. The fourth-order valence-electron chi connectivity index (χ4n) is 10.7. The molecule has 5 atom stereocenters. The first kappa shape index (κ1) is 88.1. The molecule has 0 aliphatic carbocycles. The average molecular weight is 1330 g/mol. The summed E-state index contributed by atoms with van der Waals surface area (Å²) in [4.78, 5) is 72.4. The Morgan fingerprint density at radius 2 is 0.511 bits per heavy atom. The van der Waals surface area contributed by atoms with Gasteiger partial charge in [-0.1, -0.05) is 305 Å². The smallest absolute Gasteiger partial charge is 0.462 e. The third kappa shape index (κ3) is 64.8. The lowest BCUT2D eigenvalue weighted by atomic mass is 10.0. The number of esters is 4. The van der Waals surface area contributed by atoms with Crippen molar-refractivity contribution in [3.63, 3.8) is 0 Å². The van der Waals surface area contributed by atoms with Crippen molar-refractivity contribution in [2.45, 2.75) is 375 Å². The Balaban J connectivity index is 5.11. The molecule has 3 N–H and O–H groups in total. The molecule has 0 saturated heterocycles. The van der Waals surface area contributed by atoms with Gasteiger partial charge in [0.25, 0.3) is 0 Å². The minimum Gasteiger partial charge on any atom is -0.462 e. The number of unbranched alkanes of at least 4 members (excludes halogenated alkanes) is 37. The third-order valence-electron chi connectivity index (χ3n) is 16.4. The minimum atomic E-state index is -4.95. The summed E-state index contributed by atoms with van der Waals surface area (Å²) in [6.07, 6.45) is 46.6. The summed E-state index contributed by atoms with van der Waals surface area (Å²) in [5, 5.41) is 10.6. The van der Waals surface area contributed by atoms with E-state index in [0.29, 0.717) is 43.4 Å². The van der Waals surface area contributed by atoms with Crippen molar-refractivity contribution in [2.75, 3.05) is 39.6 Å². The van der Waals surface area contributed by atoms with Gasteiger partial charge in [0.05, 0.1) is 26.4 Å². The molecule has 534 valence electrons. The molecular weight excluding hydrogens is 1190 g/mol. The van der Waals surface area contributed by atoms with Gasteiger partial charge in [-0.25, -0.2) is 9.13 Å². The minimum absolute atomic E-state index is 0.101. The topological polar surface area (TPSA) is 237 Å². The van der Waals surface area contributed by atoms with E-state index in [-0.39, 0.29) is 25.7 Å². The molecule has 0 aromatic carbocycles. The zero-order valence-electron chi connectivity index (χ0n) is 58.6. The lowest BCUT2D eigenvalue weighted by Crippen LogP contribution is -2.30. The van der Waals surface area contributed by atoms with Crippen LogP contribution in [0.1, 0.15) is 357 Å². The summed E-state index contributed by atoms with van der Waals surface area (Å²) >= 11 is 0. The van der Waals surface area contributed by atoms with Crippen molar-refractivity contribution in [3.8, 4) is 0 Å². The molecule has 2 unspecified atom stereocenters. The Bertz CT molecular complexity index is 1770. The number of hydrogen-bond acceptors (Lipinski definition) is 15. The summed E-state index contributed by atoms with van der Waals surface area (Å²) in [6, 6.07) is 0. The van der Waals surface area contributed by atoms with E-state index in [9.17, 15) is 43.2 Å². The summed E-state index contributed by atoms with van der Waals surface area (Å²) in [6.45, 7) is 11.6. The van der Waals surface area contributed by atoms with Gasteiger partial charge in [0, 0.05) is 25.7 Å². The van der Waals surface area contributed by atoms with E-state index in [1.807, 2.05) is 0 Å². The predicted molar refractivity (Wildman–Crippen MR) is 363 cm³/mol. The second kappa shape index (κ2) is 61.9. The van der Waals surface area contributed by atoms with Crippen LogP contribution in [0.4, 0.5) is 0 Å². The van der Waals surface area contributed by atoms with Gasteiger partial charge in [-0.05, 0) is 43.4 Å². The molecule has 0 amide bonds. The molecule has 19 heteroatoms. The highest BCUT2D eigenvalue weighted by Crippen LogP contribution is 2.45. The van der Waals surface area contributed by atoms with E-state index in [0.717, 1.165) is 103 Å². The molecule has 0 aromatic heterocycles. The first-order chi connectivity index (χ1) is 43.2. The van der Waals surface area contributed by atoms with Crippen LogP contribution in [0.3, 0.4) is 0 Å². The second-order valence-corrected chi connectivity index (χ2v) is 30.0. The monoisotopic (exact) mass is 1320 g/mol. The highest BCUT2D eigenvalue weighted by molar-refractivity contribution is 7.47. The van der Waals surface area contributed by atoms with E-state index in [1.54, 1.807) is 0 Å². The van der Waals surface area contributed by atoms with Crippen LogP contribution >= 0.6 is 15.6 Å². The predicted octanol–water partition coefficient (Wildman–Crippen LogP) is 20.2. The normalized spacial score (nSPS) is 14.2. The Hall–Kier alpha value is -1.94. The first-order valence-electron chi connectivity index (χ1n) is 36.8. The highest BCUT2D eigenvalue weighted by Gasteiger charge is 2.30. The van der Waals surface area contributed by atoms with Crippen molar-refractivity contribution >= 4 is 39.5 Å². The number of carbonyl (C=O) groups excluding carboxylic acids is 4. The number of hydrogen-bond donors (Lipinski definition) is 3. The summed E-state index contributed by atoms with van der Waals surface area (Å²) in [5.74, 6) is -0.0822. The molecule has 0 bridgehead atoms. The molecule has 0 aliphatic rings. The van der Waals surface area contributed by atoms with Crippen molar-refractivity contribution in [1.82, 2.24) is 0 Å². The largest absolute Gasteiger partial charge is 0.472 e. The van der Waals surface area contributed by atoms with Gasteiger partial charge in [0.1, 0.15) is 19.3 Å². The van der Waals surface area contributed by atoms with Crippen molar-refractivity contribution in [3.05, 3.63) is 0 Å². The Morgan fingerprint density at radius 1 is 0.300 bits per heavy atom. The maximum Gasteiger partial charge on any atom is 0.472 e. The van der Waals surface area contributed by atoms with Gasteiger partial charge >= 0.3 is 39.5 Å². The van der Waals surface area contributed by atoms with Crippen LogP contribution < -0.4 is 0 Å². The van der Waals surface area contributed by atoms with Crippen LogP contribution in [0.15, 0.2) is 0 Å². The summed E-state index contributed by atoms with van der Waals surface area (Å²) < 4.78 is 68.1. The molecule has 90 heavy (non-hydrogen) atoms. The Morgan fingerprint density at radius 3 is 0.756 bits per heavy atom. The lowest BCUT2D eigenvalue weighted by Gasteiger charge is -2.21. The van der Waals surface area contributed by atoms with Gasteiger partial charge in [-0.3, -0.25) is 37.3 Å². The van der Waals surface area contributed by atoms with E-state index >= 15 is 0 Å². The highest BCUT2D eigenvalue weighted by atomic mass is 31.2. The maximum atomic E-state index is 13.0. The zero-order chi connectivity index (χ0) is 66.6. The van der Waals surface area contributed by atoms with E-state index in [4.69, 9.17) is 37.0 Å². The quantitative estimate of drug-likeness (QED) is 0.0222. The molecule has 0 radical (unpaired) electrons. The summed E-state index contributed by atoms with van der Waals surface area (Å²) in [5.41, 5.74) is 0. The van der Waals surface area contributed by atoms with Crippen LogP contribution in [-0.2, 0) is 65.4 Å². The fourth-order valence-corrected chi connectivity index (χ4v) is 12.3. The van der Waals surface area contributed by atoms with Gasteiger partial charge in [0.2, 0.25) is 0 Å². The molecule has 17 nitrogen and oxygen atoms in total. The molecule has 0 rings (SSSR count). The van der Waals surface area contributed by atoms with Crippen molar-refractivity contribution in [2.24, 2.45) is 17.8 Å². The van der Waals surface area contributed by atoms with Crippen LogP contribution in [0.5, 0.6) is 0 Å². The first-order valence-corrected chi connectivity index (χ1v) is 39.8. The van der Waals surface area contributed by atoms with Crippen LogP contribution in [0.2, 0.25) is 0 Å². The number of aliphatic hydroxyl groups is 1. The third-order valence-corrected chi connectivity index (χ3v) is 18.3. The second-order valence-electron chi connectivity index (χ2n) is 27.1. The molecule has 0 aromatic rings. The number of aliphatic hydroxyl groups excluding tert-OH is 1. The van der Waals surface area contributed by atoms with Gasteiger partial charge in [0.15, 0.2) is 12.2 Å². The average Bonchev–Trinajstić information content (AvgIpc) is 3.26. The molecule has 0 heterocycles. The van der Waals surface area contributed by atoms with E-state index in [1.165, 1.54) is 154 Å².